The van der Waals surface area contributed by atoms with Gasteiger partial charge in [-0.1, -0.05) is 6.42 Å². The Bertz CT molecular complexity index is 619. The summed E-state index contributed by atoms with van der Waals surface area (Å²) in [5.74, 6) is 1.20. The molecular formula is C15H19N3O2S. The summed E-state index contributed by atoms with van der Waals surface area (Å²) >= 11 is 1.87. The fourth-order valence-electron chi connectivity index (χ4n) is 2.23. The average molecular weight is 305 g/mol. The van der Waals surface area contributed by atoms with Crippen LogP contribution in [0.15, 0.2) is 30.5 Å². The molecule has 0 fully saturated rings. The van der Waals surface area contributed by atoms with Gasteiger partial charge < -0.3 is 5.32 Å². The molecule has 5 nitrogen and oxygen atoms in total. The number of unbranched alkanes of at least 4 members (excludes halogenated alkanes) is 2. The topological polar surface area (TPSA) is 68.1 Å². The number of nitrogens with one attached hydrogen (secondary N) is 1. The molecule has 0 aliphatic heterocycles. The van der Waals surface area contributed by atoms with E-state index in [1.165, 1.54) is 18.6 Å². The maximum absolute atomic E-state index is 11.0. The van der Waals surface area contributed by atoms with Gasteiger partial charge in [-0.3, -0.25) is 15.1 Å². The van der Waals surface area contributed by atoms with Crippen LogP contribution in [0.4, 0.5) is 11.4 Å². The Labute approximate surface area is 128 Å². The predicted octanol–water partition coefficient (Wildman–Crippen LogP) is 4.09. The first-order chi connectivity index (χ1) is 10.2. The van der Waals surface area contributed by atoms with Gasteiger partial charge in [0, 0.05) is 18.8 Å². The number of benzene rings is 1. The molecule has 1 N–H and O–H groups in total. The zero-order valence-electron chi connectivity index (χ0n) is 12.0. The van der Waals surface area contributed by atoms with Crippen molar-refractivity contribution in [3.05, 3.63) is 40.6 Å². The Morgan fingerprint density at radius 3 is 2.90 bits per heavy atom. The second kappa shape index (κ2) is 7.83. The van der Waals surface area contributed by atoms with Gasteiger partial charge in [0.15, 0.2) is 0 Å². The molecule has 1 aromatic heterocycles. The molecule has 0 saturated heterocycles. The van der Waals surface area contributed by atoms with Gasteiger partial charge in [-0.25, -0.2) is 0 Å². The van der Waals surface area contributed by atoms with Gasteiger partial charge in [0.05, 0.1) is 16.0 Å². The summed E-state index contributed by atoms with van der Waals surface area (Å²) in [6.45, 7) is 0.859. The zero-order valence-corrected chi connectivity index (χ0v) is 12.9. The molecule has 1 aromatic carbocycles. The van der Waals surface area contributed by atoms with E-state index in [2.05, 4.69) is 16.6 Å². The molecule has 0 radical (unpaired) electrons. The lowest BCUT2D eigenvalue weighted by molar-refractivity contribution is -0.383. The minimum absolute atomic E-state index is 0.101. The van der Waals surface area contributed by atoms with Crippen LogP contribution in [0.5, 0.6) is 0 Å². The van der Waals surface area contributed by atoms with E-state index in [4.69, 9.17) is 0 Å². The molecule has 6 heteroatoms. The summed E-state index contributed by atoms with van der Waals surface area (Å²) in [6.07, 6.45) is 7.28. The second-order valence-electron chi connectivity index (χ2n) is 4.77. The number of nitrogens with zero attached hydrogens (tertiary/aromatic N) is 2. The van der Waals surface area contributed by atoms with Gasteiger partial charge in [0.1, 0.15) is 5.52 Å². The van der Waals surface area contributed by atoms with E-state index < -0.39 is 0 Å². The number of fused-ring (bicyclic) bond motifs is 1. The number of hydrogen-bond donors (Lipinski definition) is 1. The SMILES string of the molecule is CSCCCCCNc1ccc([N+](=O)[O-])c2cccnc12. The van der Waals surface area contributed by atoms with Crippen LogP contribution in [0.3, 0.4) is 0 Å². The highest BCUT2D eigenvalue weighted by atomic mass is 32.2. The van der Waals surface area contributed by atoms with Gasteiger partial charge in [-0.05, 0) is 43.0 Å². The van der Waals surface area contributed by atoms with Crippen LogP contribution in [0, 0.1) is 10.1 Å². The predicted molar refractivity (Wildman–Crippen MR) is 89.1 cm³/mol. The summed E-state index contributed by atoms with van der Waals surface area (Å²) in [5.41, 5.74) is 1.63. The van der Waals surface area contributed by atoms with Gasteiger partial charge in [0.25, 0.3) is 5.69 Å². The summed E-state index contributed by atoms with van der Waals surface area (Å²) in [4.78, 5) is 15.0. The van der Waals surface area contributed by atoms with Crippen LogP contribution in [0.25, 0.3) is 10.9 Å². The van der Waals surface area contributed by atoms with Crippen LogP contribution in [-0.4, -0.2) is 28.5 Å². The fourth-order valence-corrected chi connectivity index (χ4v) is 2.72. The van der Waals surface area contributed by atoms with E-state index in [-0.39, 0.29) is 10.6 Å². The number of anilines is 1. The quantitative estimate of drug-likeness (QED) is 0.452. The van der Waals surface area contributed by atoms with Gasteiger partial charge in [0.2, 0.25) is 0 Å². The minimum Gasteiger partial charge on any atom is -0.383 e. The monoisotopic (exact) mass is 305 g/mol. The number of pyridine rings is 1. The molecule has 0 spiro atoms. The van der Waals surface area contributed by atoms with Gasteiger partial charge in [-0.15, -0.1) is 0 Å². The lowest BCUT2D eigenvalue weighted by Crippen LogP contribution is -2.03. The van der Waals surface area contributed by atoms with Gasteiger partial charge >= 0.3 is 0 Å². The molecule has 0 amide bonds. The fraction of sp³-hybridized carbons (Fsp3) is 0.400. The highest BCUT2D eigenvalue weighted by Crippen LogP contribution is 2.29. The van der Waals surface area contributed by atoms with Crippen molar-refractivity contribution in [2.45, 2.75) is 19.3 Å². The van der Waals surface area contributed by atoms with Crippen molar-refractivity contribution in [2.75, 3.05) is 23.9 Å². The van der Waals surface area contributed by atoms with Gasteiger partial charge in [-0.2, -0.15) is 11.8 Å². The van der Waals surface area contributed by atoms with Crippen molar-refractivity contribution >= 4 is 34.0 Å². The first kappa shape index (κ1) is 15.6. The summed E-state index contributed by atoms with van der Waals surface area (Å²) in [6, 6.07) is 6.75. The third kappa shape index (κ3) is 4.07. The van der Waals surface area contributed by atoms with Crippen LogP contribution in [0.2, 0.25) is 0 Å². The molecule has 0 bridgehead atoms. The van der Waals surface area contributed by atoms with E-state index in [1.54, 1.807) is 30.5 Å². The largest absolute Gasteiger partial charge is 0.383 e. The molecule has 0 aliphatic carbocycles. The number of thioether (sulfide) groups is 1. The van der Waals surface area contributed by atoms with Crippen LogP contribution in [0.1, 0.15) is 19.3 Å². The lowest BCUT2D eigenvalue weighted by Gasteiger charge is -2.09. The molecule has 21 heavy (non-hydrogen) atoms. The standard InChI is InChI=1S/C15H19N3O2S/c1-21-11-4-2-3-9-16-13-7-8-14(18(19)20)12-6-5-10-17-15(12)13/h5-8,10,16H,2-4,9,11H2,1H3. The normalized spacial score (nSPS) is 10.7. The third-order valence-corrected chi connectivity index (χ3v) is 3.98. The second-order valence-corrected chi connectivity index (χ2v) is 5.75. The van der Waals surface area contributed by atoms with E-state index >= 15 is 0 Å². The first-order valence-electron chi connectivity index (χ1n) is 6.99. The van der Waals surface area contributed by atoms with E-state index in [0.717, 1.165) is 18.7 Å². The van der Waals surface area contributed by atoms with Crippen molar-refractivity contribution in [1.29, 1.82) is 0 Å². The highest BCUT2D eigenvalue weighted by molar-refractivity contribution is 7.98. The zero-order chi connectivity index (χ0) is 15.1. The molecule has 2 aromatic rings. The number of non-ortho nitro benzene ring substituents is 1. The molecule has 0 unspecified atom stereocenters. The summed E-state index contributed by atoms with van der Waals surface area (Å²) in [5, 5.41) is 15.0. The number of rotatable bonds is 8. The summed E-state index contributed by atoms with van der Waals surface area (Å²) in [7, 11) is 0. The van der Waals surface area contributed by atoms with E-state index in [1.807, 2.05) is 11.8 Å². The van der Waals surface area contributed by atoms with Crippen molar-refractivity contribution < 1.29 is 4.92 Å². The third-order valence-electron chi connectivity index (χ3n) is 3.28. The average Bonchev–Trinajstić information content (AvgIpc) is 2.50. The molecular weight excluding hydrogens is 286 g/mol. The van der Waals surface area contributed by atoms with Crippen LogP contribution >= 0.6 is 11.8 Å². The van der Waals surface area contributed by atoms with E-state index in [0.29, 0.717) is 10.9 Å². The summed E-state index contributed by atoms with van der Waals surface area (Å²) < 4.78 is 0. The Kier molecular flexibility index (Phi) is 5.80. The molecule has 0 saturated carbocycles. The lowest BCUT2D eigenvalue weighted by atomic mass is 10.1. The Balaban J connectivity index is 2.07. The van der Waals surface area contributed by atoms with Crippen molar-refractivity contribution in [3.63, 3.8) is 0 Å². The van der Waals surface area contributed by atoms with Crippen LogP contribution in [-0.2, 0) is 0 Å². The van der Waals surface area contributed by atoms with Crippen molar-refractivity contribution in [3.8, 4) is 0 Å². The number of nitro groups is 1. The van der Waals surface area contributed by atoms with Crippen molar-refractivity contribution in [1.82, 2.24) is 4.98 Å². The molecule has 0 aliphatic rings. The molecule has 2 rings (SSSR count). The maximum Gasteiger partial charge on any atom is 0.278 e. The maximum atomic E-state index is 11.0. The Morgan fingerprint density at radius 1 is 1.29 bits per heavy atom. The van der Waals surface area contributed by atoms with Crippen molar-refractivity contribution in [2.24, 2.45) is 0 Å². The minimum atomic E-state index is -0.365. The van der Waals surface area contributed by atoms with E-state index in [9.17, 15) is 10.1 Å². The number of hydrogen-bond acceptors (Lipinski definition) is 5. The van der Waals surface area contributed by atoms with Crippen LogP contribution < -0.4 is 5.32 Å². The highest BCUT2D eigenvalue weighted by Gasteiger charge is 2.14. The first-order valence-corrected chi connectivity index (χ1v) is 8.38. The number of nitro benzene ring substituents is 1. The smallest absolute Gasteiger partial charge is 0.278 e. The molecule has 1 heterocycles. The Morgan fingerprint density at radius 2 is 2.14 bits per heavy atom. The molecule has 112 valence electrons. The Hall–Kier alpha value is -1.82. The molecule has 0 atom stereocenters. The number of aromatic nitrogens is 1.